The molecule has 0 saturated heterocycles. The molecule has 0 spiro atoms. The molecule has 1 unspecified atom stereocenters. The maximum Gasteiger partial charge on any atom is 0.314 e. The lowest BCUT2D eigenvalue weighted by atomic mass is 9.92. The fraction of sp³-hybridized carbons (Fsp3) is 0.500. The van der Waals surface area contributed by atoms with Crippen molar-refractivity contribution in [1.82, 2.24) is 0 Å². The summed E-state index contributed by atoms with van der Waals surface area (Å²) in [5.74, 6) is -0.579. The van der Waals surface area contributed by atoms with Crippen molar-refractivity contribution >= 4 is 5.97 Å². The zero-order valence-electron chi connectivity index (χ0n) is 10.2. The van der Waals surface area contributed by atoms with E-state index in [-0.39, 0.29) is 5.92 Å². The van der Waals surface area contributed by atoms with Crippen molar-refractivity contribution in [3.8, 4) is 0 Å². The van der Waals surface area contributed by atoms with Crippen molar-refractivity contribution in [3.63, 3.8) is 0 Å². The highest BCUT2D eigenvalue weighted by atomic mass is 16.4. The van der Waals surface area contributed by atoms with Crippen molar-refractivity contribution in [2.45, 2.75) is 38.2 Å². The van der Waals surface area contributed by atoms with E-state index >= 15 is 0 Å². The smallest absolute Gasteiger partial charge is 0.314 e. The van der Waals surface area contributed by atoms with E-state index in [0.717, 1.165) is 11.1 Å². The topological polar surface area (TPSA) is 57.5 Å². The van der Waals surface area contributed by atoms with Gasteiger partial charge in [-0.1, -0.05) is 38.1 Å². The molecule has 1 fully saturated rings. The predicted octanol–water partition coefficient (Wildman–Crippen LogP) is 2.49. The number of carboxylic acid groups (broad SMARTS) is 1. The van der Waals surface area contributed by atoms with E-state index in [1.807, 2.05) is 38.1 Å². The molecule has 1 aromatic rings. The molecule has 92 valence electrons. The molecule has 1 aromatic carbocycles. The standard InChI is InChI=1S/C14H18O3/c1-9(2)12(15)10-3-5-11(6-4-10)14(7-8-14)13(16)17/h3-6,9,12,15H,7-8H2,1-2H3,(H,16,17). The van der Waals surface area contributed by atoms with Crippen LogP contribution in [0.5, 0.6) is 0 Å². The molecule has 0 bridgehead atoms. The van der Waals surface area contributed by atoms with Crippen molar-refractivity contribution < 1.29 is 15.0 Å². The van der Waals surface area contributed by atoms with Gasteiger partial charge in [-0.15, -0.1) is 0 Å². The van der Waals surface area contributed by atoms with Crippen molar-refractivity contribution in [1.29, 1.82) is 0 Å². The van der Waals surface area contributed by atoms with E-state index in [1.165, 1.54) is 0 Å². The minimum Gasteiger partial charge on any atom is -0.481 e. The lowest BCUT2D eigenvalue weighted by molar-refractivity contribution is -0.140. The number of hydrogen-bond acceptors (Lipinski definition) is 2. The number of aliphatic carboxylic acids is 1. The van der Waals surface area contributed by atoms with Gasteiger partial charge < -0.3 is 10.2 Å². The summed E-state index contributed by atoms with van der Waals surface area (Å²) in [6.45, 7) is 3.91. The molecule has 1 saturated carbocycles. The lowest BCUT2D eigenvalue weighted by Gasteiger charge is -2.16. The van der Waals surface area contributed by atoms with E-state index in [0.29, 0.717) is 12.8 Å². The maximum absolute atomic E-state index is 11.2. The fourth-order valence-corrected chi connectivity index (χ4v) is 2.14. The van der Waals surface area contributed by atoms with E-state index in [4.69, 9.17) is 0 Å². The summed E-state index contributed by atoms with van der Waals surface area (Å²) in [6, 6.07) is 7.34. The zero-order valence-corrected chi connectivity index (χ0v) is 10.2. The first kappa shape index (κ1) is 12.1. The second-order valence-corrected chi connectivity index (χ2v) is 5.20. The van der Waals surface area contributed by atoms with Crippen LogP contribution in [-0.2, 0) is 10.2 Å². The predicted molar refractivity (Wildman–Crippen MR) is 64.8 cm³/mol. The van der Waals surface area contributed by atoms with Gasteiger partial charge in [-0.3, -0.25) is 4.79 Å². The zero-order chi connectivity index (χ0) is 12.6. The van der Waals surface area contributed by atoms with Crippen LogP contribution in [-0.4, -0.2) is 16.2 Å². The molecule has 0 amide bonds. The Morgan fingerprint density at radius 3 is 2.12 bits per heavy atom. The minimum absolute atomic E-state index is 0.162. The molecule has 3 nitrogen and oxygen atoms in total. The minimum atomic E-state index is -0.741. The highest BCUT2D eigenvalue weighted by Crippen LogP contribution is 2.48. The summed E-state index contributed by atoms with van der Waals surface area (Å²) >= 11 is 0. The first-order valence-electron chi connectivity index (χ1n) is 5.99. The Bertz CT molecular complexity index is 416. The first-order chi connectivity index (χ1) is 7.97. The highest BCUT2D eigenvalue weighted by molar-refractivity contribution is 5.84. The third-order valence-corrected chi connectivity index (χ3v) is 3.60. The van der Waals surface area contributed by atoms with Gasteiger partial charge in [0.05, 0.1) is 11.5 Å². The van der Waals surface area contributed by atoms with Crippen molar-refractivity contribution in [2.24, 2.45) is 5.92 Å². The quantitative estimate of drug-likeness (QED) is 0.841. The second kappa shape index (κ2) is 4.15. The molecular formula is C14H18O3. The van der Waals surface area contributed by atoms with Crippen LogP contribution in [0, 0.1) is 5.92 Å². The summed E-state index contributed by atoms with van der Waals surface area (Å²) in [6.07, 6.45) is 0.951. The van der Waals surface area contributed by atoms with Gasteiger partial charge in [0.25, 0.3) is 0 Å². The molecule has 0 aromatic heterocycles. The van der Waals surface area contributed by atoms with Gasteiger partial charge in [-0.25, -0.2) is 0 Å². The van der Waals surface area contributed by atoms with Crippen LogP contribution in [0.3, 0.4) is 0 Å². The summed E-state index contributed by atoms with van der Waals surface area (Å²) in [4.78, 5) is 11.2. The first-order valence-corrected chi connectivity index (χ1v) is 5.99. The molecule has 17 heavy (non-hydrogen) atoms. The maximum atomic E-state index is 11.2. The third kappa shape index (κ3) is 2.07. The van der Waals surface area contributed by atoms with Gasteiger partial charge in [0, 0.05) is 0 Å². The van der Waals surface area contributed by atoms with E-state index in [1.54, 1.807) is 0 Å². The average Bonchev–Trinajstić information content (AvgIpc) is 3.09. The number of benzene rings is 1. The molecule has 1 aliphatic carbocycles. The molecule has 3 heteroatoms. The van der Waals surface area contributed by atoms with E-state index in [9.17, 15) is 15.0 Å². The van der Waals surface area contributed by atoms with Crippen LogP contribution in [0.2, 0.25) is 0 Å². The highest BCUT2D eigenvalue weighted by Gasteiger charge is 2.51. The lowest BCUT2D eigenvalue weighted by Crippen LogP contribution is -2.19. The number of carbonyl (C=O) groups is 1. The Balaban J connectivity index is 2.22. The van der Waals surface area contributed by atoms with E-state index < -0.39 is 17.5 Å². The molecule has 1 aliphatic rings. The van der Waals surface area contributed by atoms with Gasteiger partial charge in [0.1, 0.15) is 0 Å². The molecule has 0 aliphatic heterocycles. The Morgan fingerprint density at radius 1 is 1.24 bits per heavy atom. The normalized spacial score (nSPS) is 19.1. The van der Waals surface area contributed by atoms with Gasteiger partial charge in [0.15, 0.2) is 0 Å². The van der Waals surface area contributed by atoms with Crippen molar-refractivity contribution in [2.75, 3.05) is 0 Å². The Labute approximate surface area is 101 Å². The fourth-order valence-electron chi connectivity index (χ4n) is 2.14. The summed E-state index contributed by atoms with van der Waals surface area (Å²) < 4.78 is 0. The second-order valence-electron chi connectivity index (χ2n) is 5.20. The average molecular weight is 234 g/mol. The number of aliphatic hydroxyl groups is 1. The van der Waals surface area contributed by atoms with Crippen LogP contribution < -0.4 is 0 Å². The van der Waals surface area contributed by atoms with Crippen LogP contribution in [0.4, 0.5) is 0 Å². The molecule has 2 rings (SSSR count). The Kier molecular flexibility index (Phi) is 2.96. The number of rotatable bonds is 4. The molecule has 0 heterocycles. The summed E-state index contributed by atoms with van der Waals surface area (Å²) in [7, 11) is 0. The Morgan fingerprint density at radius 2 is 1.76 bits per heavy atom. The molecule has 2 N–H and O–H groups in total. The van der Waals surface area contributed by atoms with Gasteiger partial charge in [-0.2, -0.15) is 0 Å². The third-order valence-electron chi connectivity index (χ3n) is 3.60. The van der Waals surface area contributed by atoms with Crippen LogP contribution in [0.15, 0.2) is 24.3 Å². The van der Waals surface area contributed by atoms with Gasteiger partial charge in [-0.05, 0) is 29.9 Å². The SMILES string of the molecule is CC(C)C(O)c1ccc(C2(C(=O)O)CC2)cc1. The number of carboxylic acids is 1. The van der Waals surface area contributed by atoms with E-state index in [2.05, 4.69) is 0 Å². The van der Waals surface area contributed by atoms with Crippen molar-refractivity contribution in [3.05, 3.63) is 35.4 Å². The largest absolute Gasteiger partial charge is 0.481 e. The molecule has 1 atom stereocenters. The molecular weight excluding hydrogens is 216 g/mol. The van der Waals surface area contributed by atoms with Crippen LogP contribution in [0.25, 0.3) is 0 Å². The number of hydrogen-bond donors (Lipinski definition) is 2. The number of aliphatic hydroxyl groups excluding tert-OH is 1. The van der Waals surface area contributed by atoms with Crippen LogP contribution in [0.1, 0.15) is 43.9 Å². The van der Waals surface area contributed by atoms with Crippen LogP contribution >= 0.6 is 0 Å². The molecule has 0 radical (unpaired) electrons. The summed E-state index contributed by atoms with van der Waals surface area (Å²) in [5, 5.41) is 19.1. The monoisotopic (exact) mass is 234 g/mol. The summed E-state index contributed by atoms with van der Waals surface area (Å²) in [5.41, 5.74) is 1.05. The Hall–Kier alpha value is -1.35. The van der Waals surface area contributed by atoms with Gasteiger partial charge >= 0.3 is 5.97 Å². The van der Waals surface area contributed by atoms with Gasteiger partial charge in [0.2, 0.25) is 0 Å².